The Labute approximate surface area is 142 Å². The molecule has 2 N–H and O–H groups in total. The summed E-state index contributed by atoms with van der Waals surface area (Å²) in [5.74, 6) is 0.372. The SMILES string of the molecule is O=C(CN1CCC[C@@H](Cn2cncn2)C1)N[C@H]1CCCCNC1=O. The summed E-state index contributed by atoms with van der Waals surface area (Å²) < 4.78 is 1.85. The molecule has 3 heterocycles. The van der Waals surface area contributed by atoms with Crippen molar-refractivity contribution in [3.05, 3.63) is 12.7 Å². The summed E-state index contributed by atoms with van der Waals surface area (Å²) in [5, 5.41) is 9.90. The van der Waals surface area contributed by atoms with Gasteiger partial charge in [0.2, 0.25) is 11.8 Å². The maximum Gasteiger partial charge on any atom is 0.242 e. The molecule has 8 heteroatoms. The number of nitrogens with one attached hydrogen (secondary N) is 2. The fourth-order valence-electron chi connectivity index (χ4n) is 3.56. The molecule has 2 fully saturated rings. The number of aromatic nitrogens is 3. The molecule has 0 radical (unpaired) electrons. The number of carbonyl (C=O) groups excluding carboxylic acids is 2. The van der Waals surface area contributed by atoms with Crippen LogP contribution >= 0.6 is 0 Å². The summed E-state index contributed by atoms with van der Waals surface area (Å²) in [6.07, 6.45) is 8.18. The maximum absolute atomic E-state index is 12.3. The number of rotatable bonds is 5. The summed E-state index contributed by atoms with van der Waals surface area (Å²) in [7, 11) is 0. The number of nitrogens with zero attached hydrogens (tertiary/aromatic N) is 4. The first-order valence-corrected chi connectivity index (χ1v) is 8.82. The second-order valence-electron chi connectivity index (χ2n) is 6.77. The van der Waals surface area contributed by atoms with Crippen LogP contribution in [0, 0.1) is 5.92 Å². The van der Waals surface area contributed by atoms with Crippen molar-refractivity contribution < 1.29 is 9.59 Å². The van der Waals surface area contributed by atoms with Crippen LogP contribution in [0.3, 0.4) is 0 Å². The van der Waals surface area contributed by atoms with Crippen molar-refractivity contribution >= 4 is 11.8 Å². The summed E-state index contributed by atoms with van der Waals surface area (Å²) in [6.45, 7) is 3.71. The first-order chi connectivity index (χ1) is 11.7. The van der Waals surface area contributed by atoms with Crippen molar-refractivity contribution in [3.8, 4) is 0 Å². The van der Waals surface area contributed by atoms with Crippen LogP contribution in [-0.4, -0.2) is 63.7 Å². The van der Waals surface area contributed by atoms with Gasteiger partial charge in [-0.15, -0.1) is 0 Å². The van der Waals surface area contributed by atoms with Crippen LogP contribution in [0.2, 0.25) is 0 Å². The number of likely N-dealkylation sites (tertiary alicyclic amines) is 1. The van der Waals surface area contributed by atoms with E-state index in [-0.39, 0.29) is 17.9 Å². The van der Waals surface area contributed by atoms with Gasteiger partial charge in [0.25, 0.3) is 0 Å². The van der Waals surface area contributed by atoms with Crippen LogP contribution in [0.4, 0.5) is 0 Å². The van der Waals surface area contributed by atoms with Crippen LogP contribution in [0.15, 0.2) is 12.7 Å². The normalized spacial score (nSPS) is 25.8. The lowest BCUT2D eigenvalue weighted by Crippen LogP contribution is -2.50. The molecule has 2 aliphatic heterocycles. The average Bonchev–Trinajstić information content (AvgIpc) is 2.98. The molecule has 1 aromatic heterocycles. The van der Waals surface area contributed by atoms with Crippen molar-refractivity contribution in [2.75, 3.05) is 26.2 Å². The molecule has 0 unspecified atom stereocenters. The Hall–Kier alpha value is -1.96. The van der Waals surface area contributed by atoms with Crippen molar-refractivity contribution in [3.63, 3.8) is 0 Å². The first kappa shape index (κ1) is 16.9. The van der Waals surface area contributed by atoms with Crippen LogP contribution in [-0.2, 0) is 16.1 Å². The van der Waals surface area contributed by atoms with E-state index in [1.54, 1.807) is 12.7 Å². The minimum atomic E-state index is -0.379. The van der Waals surface area contributed by atoms with Crippen molar-refractivity contribution in [2.45, 2.75) is 44.7 Å². The Morgan fingerprint density at radius 3 is 3.08 bits per heavy atom. The smallest absolute Gasteiger partial charge is 0.242 e. The predicted molar refractivity (Wildman–Crippen MR) is 88.0 cm³/mol. The standard InChI is InChI=1S/C16H26N6O2/c23-15(20-14-5-1-2-6-18-16(14)24)10-21-7-3-4-13(8-21)9-22-12-17-11-19-22/h11-14H,1-10H2,(H,18,24)(H,20,23)/t13-,14+/m1/s1. The van der Waals surface area contributed by atoms with Crippen LogP contribution in [0.25, 0.3) is 0 Å². The van der Waals surface area contributed by atoms with E-state index in [0.29, 0.717) is 19.0 Å². The zero-order valence-electron chi connectivity index (χ0n) is 14.0. The molecule has 132 valence electrons. The van der Waals surface area contributed by atoms with E-state index in [9.17, 15) is 9.59 Å². The second-order valence-corrected chi connectivity index (χ2v) is 6.77. The van der Waals surface area contributed by atoms with E-state index in [1.807, 2.05) is 4.68 Å². The molecule has 0 aliphatic carbocycles. The zero-order chi connectivity index (χ0) is 16.8. The van der Waals surface area contributed by atoms with Crippen molar-refractivity contribution in [1.82, 2.24) is 30.3 Å². The van der Waals surface area contributed by atoms with Gasteiger partial charge < -0.3 is 10.6 Å². The third-order valence-electron chi connectivity index (χ3n) is 4.75. The number of hydrogen-bond donors (Lipinski definition) is 2. The number of amides is 2. The van der Waals surface area contributed by atoms with Crippen molar-refractivity contribution in [2.24, 2.45) is 5.92 Å². The summed E-state index contributed by atoms with van der Waals surface area (Å²) in [4.78, 5) is 30.4. The van der Waals surface area contributed by atoms with Crippen molar-refractivity contribution in [1.29, 1.82) is 0 Å². The highest BCUT2D eigenvalue weighted by Gasteiger charge is 2.25. The molecule has 1 aromatic rings. The lowest BCUT2D eigenvalue weighted by Gasteiger charge is -2.32. The summed E-state index contributed by atoms with van der Waals surface area (Å²) >= 11 is 0. The van der Waals surface area contributed by atoms with E-state index in [0.717, 1.165) is 51.7 Å². The first-order valence-electron chi connectivity index (χ1n) is 8.82. The Balaban J connectivity index is 1.45. The van der Waals surface area contributed by atoms with Gasteiger partial charge in [-0.1, -0.05) is 0 Å². The fraction of sp³-hybridized carbons (Fsp3) is 0.750. The van der Waals surface area contributed by atoms with Crippen LogP contribution in [0.1, 0.15) is 32.1 Å². The Morgan fingerprint density at radius 1 is 1.33 bits per heavy atom. The van der Waals surface area contributed by atoms with E-state index in [1.165, 1.54) is 0 Å². The van der Waals surface area contributed by atoms with Crippen LogP contribution in [0.5, 0.6) is 0 Å². The van der Waals surface area contributed by atoms with Gasteiger partial charge in [-0.05, 0) is 44.6 Å². The van der Waals surface area contributed by atoms with Gasteiger partial charge in [-0.25, -0.2) is 4.98 Å². The minimum absolute atomic E-state index is 0.0523. The summed E-state index contributed by atoms with van der Waals surface area (Å²) in [6, 6.07) is -0.379. The zero-order valence-corrected chi connectivity index (χ0v) is 14.0. The van der Waals surface area contributed by atoms with Gasteiger partial charge in [-0.2, -0.15) is 5.10 Å². The minimum Gasteiger partial charge on any atom is -0.354 e. The van der Waals surface area contributed by atoms with Gasteiger partial charge in [0.1, 0.15) is 18.7 Å². The molecule has 2 aliphatic rings. The topological polar surface area (TPSA) is 92.2 Å². The Bertz CT molecular complexity index is 547. The number of hydrogen-bond acceptors (Lipinski definition) is 5. The molecule has 8 nitrogen and oxygen atoms in total. The maximum atomic E-state index is 12.3. The van der Waals surface area contributed by atoms with E-state index in [2.05, 4.69) is 25.6 Å². The highest BCUT2D eigenvalue weighted by Crippen LogP contribution is 2.17. The lowest BCUT2D eigenvalue weighted by molar-refractivity contribution is -0.129. The number of carbonyl (C=O) groups is 2. The Kier molecular flexibility index (Phi) is 5.79. The van der Waals surface area contributed by atoms with E-state index >= 15 is 0 Å². The van der Waals surface area contributed by atoms with Gasteiger partial charge in [0.15, 0.2) is 0 Å². The molecule has 3 rings (SSSR count). The molecule has 2 saturated heterocycles. The molecule has 2 amide bonds. The Morgan fingerprint density at radius 2 is 2.25 bits per heavy atom. The van der Waals surface area contributed by atoms with Gasteiger partial charge >= 0.3 is 0 Å². The van der Waals surface area contributed by atoms with Gasteiger partial charge in [0.05, 0.1) is 6.54 Å². The highest BCUT2D eigenvalue weighted by atomic mass is 16.2. The third-order valence-corrected chi connectivity index (χ3v) is 4.75. The molecule has 0 aromatic carbocycles. The molecule has 0 bridgehead atoms. The van der Waals surface area contributed by atoms with E-state index < -0.39 is 0 Å². The molecule has 2 atom stereocenters. The van der Waals surface area contributed by atoms with Gasteiger partial charge in [-0.3, -0.25) is 19.2 Å². The quantitative estimate of drug-likeness (QED) is 0.776. The molecular formula is C16H26N6O2. The fourth-order valence-corrected chi connectivity index (χ4v) is 3.56. The second kappa shape index (κ2) is 8.23. The molecule has 0 spiro atoms. The number of piperidine rings is 1. The van der Waals surface area contributed by atoms with E-state index in [4.69, 9.17) is 0 Å². The third kappa shape index (κ3) is 4.77. The predicted octanol–water partition coefficient (Wildman–Crippen LogP) is -0.225. The summed E-state index contributed by atoms with van der Waals surface area (Å²) in [5.41, 5.74) is 0. The monoisotopic (exact) mass is 334 g/mol. The van der Waals surface area contributed by atoms with Gasteiger partial charge in [0, 0.05) is 19.6 Å². The largest absolute Gasteiger partial charge is 0.354 e. The molecular weight excluding hydrogens is 308 g/mol. The molecule has 0 saturated carbocycles. The van der Waals surface area contributed by atoms with Crippen LogP contribution < -0.4 is 10.6 Å². The lowest BCUT2D eigenvalue weighted by atomic mass is 9.98. The molecule has 24 heavy (non-hydrogen) atoms. The highest BCUT2D eigenvalue weighted by molar-refractivity contribution is 5.88. The average molecular weight is 334 g/mol.